The summed E-state index contributed by atoms with van der Waals surface area (Å²) in [5.74, 6) is 1.10. The van der Waals surface area contributed by atoms with E-state index in [9.17, 15) is 4.79 Å². The number of carbonyl (C=O) groups is 1. The first-order valence-electron chi connectivity index (χ1n) is 5.74. The van der Waals surface area contributed by atoms with Crippen LogP contribution in [0.4, 0.5) is 5.82 Å². The molecule has 0 aromatic carbocycles. The van der Waals surface area contributed by atoms with Crippen molar-refractivity contribution in [2.45, 2.75) is 27.7 Å². The number of anilines is 1. The third-order valence-electron chi connectivity index (χ3n) is 2.83. The number of nitrogens with one attached hydrogen (secondary N) is 1. The molecule has 0 radical (unpaired) electrons. The summed E-state index contributed by atoms with van der Waals surface area (Å²) in [7, 11) is 0. The zero-order valence-electron chi connectivity index (χ0n) is 10.1. The number of carbonyl (C=O) groups excluding carboxylic acids is 1. The molecule has 3 nitrogen and oxygen atoms in total. The predicted molar refractivity (Wildman–Crippen MR) is 68.6 cm³/mol. The Bertz CT molecular complexity index is 408. The van der Waals surface area contributed by atoms with E-state index in [4.69, 9.17) is 0 Å². The monoisotopic (exact) mass is 326 g/mol. The van der Waals surface area contributed by atoms with Gasteiger partial charge in [0.1, 0.15) is 0 Å². The van der Waals surface area contributed by atoms with E-state index in [1.807, 2.05) is 0 Å². The van der Waals surface area contributed by atoms with Gasteiger partial charge in [-0.25, -0.2) is 0 Å². The second kappa shape index (κ2) is 4.35. The maximum atomic E-state index is 11.6. The Labute approximate surface area is 101 Å². The van der Waals surface area contributed by atoms with Crippen LogP contribution < -0.4 is 8.90 Å². The van der Waals surface area contributed by atoms with Crippen LogP contribution in [0.3, 0.4) is 0 Å². The summed E-state index contributed by atoms with van der Waals surface area (Å²) in [6, 6.07) is 4.14. The van der Waals surface area contributed by atoms with E-state index in [2.05, 4.69) is 37.3 Å². The summed E-state index contributed by atoms with van der Waals surface area (Å²) in [5.41, 5.74) is 0. The second-order valence-corrected chi connectivity index (χ2v) is 19.9. The number of amides is 1. The van der Waals surface area contributed by atoms with Gasteiger partial charge in [-0.2, -0.15) is 0 Å². The molecule has 0 atom stereocenters. The van der Waals surface area contributed by atoms with Crippen molar-refractivity contribution in [1.29, 1.82) is 0 Å². The van der Waals surface area contributed by atoms with Gasteiger partial charge in [0.25, 0.3) is 0 Å². The third-order valence-corrected chi connectivity index (χ3v) is 8.66. The van der Waals surface area contributed by atoms with Crippen LogP contribution in [-0.4, -0.2) is 29.3 Å². The first kappa shape index (κ1) is 11.9. The van der Waals surface area contributed by atoms with E-state index >= 15 is 0 Å². The molecule has 0 bridgehead atoms. The van der Waals surface area contributed by atoms with Crippen LogP contribution >= 0.6 is 0 Å². The van der Waals surface area contributed by atoms with Gasteiger partial charge >= 0.3 is 101 Å². The maximum absolute atomic E-state index is 11.6. The van der Waals surface area contributed by atoms with Crippen molar-refractivity contribution in [2.75, 3.05) is 5.32 Å². The molecule has 0 saturated heterocycles. The van der Waals surface area contributed by atoms with Crippen LogP contribution in [-0.2, 0) is 4.79 Å². The van der Waals surface area contributed by atoms with Gasteiger partial charge in [-0.15, -0.1) is 0 Å². The molecular weight excluding hydrogens is 307 g/mol. The van der Waals surface area contributed by atoms with Gasteiger partial charge < -0.3 is 0 Å². The average Bonchev–Trinajstić information content (AvgIpc) is 2.99. The minimum absolute atomic E-state index is 0.133. The zero-order valence-corrected chi connectivity index (χ0v) is 12.9. The van der Waals surface area contributed by atoms with Crippen LogP contribution in [0.25, 0.3) is 0 Å². The molecule has 1 saturated carbocycles. The van der Waals surface area contributed by atoms with E-state index < -0.39 is 18.4 Å². The standard InChI is InChI=1S/C9H9N2O.3CH3.Sn/c12-9(7-4-5-7)11-8-3-1-2-6-10-8;;;;/h2-3,6-7H,4-5H2,(H,10,11,12);3*1H3;. The number of rotatable bonds is 3. The first-order valence-corrected chi connectivity index (χ1v) is 15.7. The van der Waals surface area contributed by atoms with E-state index in [0.717, 1.165) is 18.7 Å². The predicted octanol–water partition coefficient (Wildman–Crippen LogP) is 1.98. The van der Waals surface area contributed by atoms with Gasteiger partial charge in [0.15, 0.2) is 0 Å². The van der Waals surface area contributed by atoms with Crippen LogP contribution in [0.5, 0.6) is 0 Å². The summed E-state index contributed by atoms with van der Waals surface area (Å²) >= 11 is -2.04. The van der Waals surface area contributed by atoms with Gasteiger partial charge in [-0.1, -0.05) is 0 Å². The van der Waals surface area contributed by atoms with Crippen molar-refractivity contribution in [2.24, 2.45) is 5.92 Å². The Balaban J connectivity index is 2.12. The Morgan fingerprint density at radius 3 is 2.69 bits per heavy atom. The van der Waals surface area contributed by atoms with Crippen molar-refractivity contribution >= 4 is 33.7 Å². The second-order valence-electron chi connectivity index (χ2n) is 5.44. The SMILES string of the molecule is [CH3][Sn]([CH3])([CH3])[c]1ccnc(NC(=O)C2CC2)c1. The van der Waals surface area contributed by atoms with Gasteiger partial charge in [0, 0.05) is 0 Å². The third kappa shape index (κ3) is 2.97. The zero-order chi connectivity index (χ0) is 11.8. The fourth-order valence-electron chi connectivity index (χ4n) is 1.54. The van der Waals surface area contributed by atoms with Gasteiger partial charge in [0.05, 0.1) is 0 Å². The van der Waals surface area contributed by atoms with Crippen LogP contribution in [0.1, 0.15) is 12.8 Å². The van der Waals surface area contributed by atoms with E-state index in [1.165, 1.54) is 3.58 Å². The molecule has 1 aliphatic carbocycles. The summed E-state index contributed by atoms with van der Waals surface area (Å²) in [5, 5.41) is 2.90. The van der Waals surface area contributed by atoms with E-state index in [-0.39, 0.29) is 11.8 Å². The first-order chi connectivity index (χ1) is 7.47. The number of pyridine rings is 1. The molecule has 1 heterocycles. The molecule has 0 spiro atoms. The Morgan fingerprint density at radius 2 is 2.12 bits per heavy atom. The summed E-state index contributed by atoms with van der Waals surface area (Å²) in [6.07, 6.45) is 3.87. The van der Waals surface area contributed by atoms with E-state index in [0.29, 0.717) is 0 Å². The molecule has 1 aromatic heterocycles. The van der Waals surface area contributed by atoms with Crippen LogP contribution in [0, 0.1) is 5.92 Å². The molecular formula is C12H18N2OSn. The van der Waals surface area contributed by atoms with Crippen LogP contribution in [0.15, 0.2) is 18.3 Å². The molecule has 0 unspecified atom stereocenters. The molecule has 1 aromatic rings. The number of hydrogen-bond acceptors (Lipinski definition) is 2. The molecule has 16 heavy (non-hydrogen) atoms. The quantitative estimate of drug-likeness (QED) is 0.864. The number of aromatic nitrogens is 1. The Kier molecular flexibility index (Phi) is 3.24. The summed E-state index contributed by atoms with van der Waals surface area (Å²) < 4.78 is 1.40. The summed E-state index contributed by atoms with van der Waals surface area (Å²) in [4.78, 5) is 22.9. The van der Waals surface area contributed by atoms with Crippen molar-refractivity contribution < 1.29 is 4.79 Å². The molecule has 1 fully saturated rings. The van der Waals surface area contributed by atoms with Crippen molar-refractivity contribution in [3.05, 3.63) is 18.3 Å². The number of hydrogen-bond donors (Lipinski definition) is 1. The van der Waals surface area contributed by atoms with Gasteiger partial charge in [-0.3, -0.25) is 0 Å². The molecule has 4 heteroatoms. The topological polar surface area (TPSA) is 42.0 Å². The van der Waals surface area contributed by atoms with Gasteiger partial charge in [-0.05, 0) is 0 Å². The average molecular weight is 325 g/mol. The van der Waals surface area contributed by atoms with Crippen molar-refractivity contribution in [1.82, 2.24) is 4.98 Å². The summed E-state index contributed by atoms with van der Waals surface area (Å²) in [6.45, 7) is 0. The Hall–Kier alpha value is -0.581. The van der Waals surface area contributed by atoms with Crippen LogP contribution in [0.2, 0.25) is 14.8 Å². The normalized spacial score (nSPS) is 15.9. The molecule has 2 rings (SSSR count). The van der Waals surface area contributed by atoms with E-state index in [1.54, 1.807) is 6.20 Å². The minimum atomic E-state index is -2.04. The van der Waals surface area contributed by atoms with Gasteiger partial charge in [0.2, 0.25) is 0 Å². The Morgan fingerprint density at radius 1 is 1.44 bits per heavy atom. The number of nitrogens with zero attached hydrogens (tertiary/aromatic N) is 1. The molecule has 86 valence electrons. The molecule has 0 aliphatic heterocycles. The fourth-order valence-corrected chi connectivity index (χ4v) is 4.81. The molecule has 1 N–H and O–H groups in total. The fraction of sp³-hybridized carbons (Fsp3) is 0.500. The van der Waals surface area contributed by atoms with Crippen molar-refractivity contribution in [3.63, 3.8) is 0 Å². The molecule has 1 aliphatic rings. The molecule has 1 amide bonds. The van der Waals surface area contributed by atoms with Crippen molar-refractivity contribution in [3.8, 4) is 0 Å².